The number of amides is 2. The molecular weight excluding hydrogens is 336 g/mol. The van der Waals surface area contributed by atoms with E-state index < -0.39 is 0 Å². The van der Waals surface area contributed by atoms with Crippen LogP contribution < -0.4 is 5.32 Å². The Labute approximate surface area is 130 Å². The Morgan fingerprint density at radius 2 is 2.24 bits per heavy atom. The zero-order valence-corrected chi connectivity index (χ0v) is 13.2. The maximum Gasteiger partial charge on any atom is 0.290 e. The summed E-state index contributed by atoms with van der Waals surface area (Å²) in [7, 11) is 0. The summed E-state index contributed by atoms with van der Waals surface area (Å²) >= 11 is 3.42. The van der Waals surface area contributed by atoms with Gasteiger partial charge in [-0.3, -0.25) is 9.59 Å². The molecule has 0 bridgehead atoms. The number of rotatable bonds is 1. The van der Waals surface area contributed by atoms with Gasteiger partial charge in [-0.2, -0.15) is 0 Å². The molecule has 0 unspecified atom stereocenters. The summed E-state index contributed by atoms with van der Waals surface area (Å²) in [5.41, 5.74) is 1.49. The van der Waals surface area contributed by atoms with Crippen molar-refractivity contribution in [3.05, 3.63) is 34.0 Å². The van der Waals surface area contributed by atoms with Crippen LogP contribution >= 0.6 is 15.9 Å². The normalized spacial score (nSPS) is 15.9. The summed E-state index contributed by atoms with van der Waals surface area (Å²) in [4.78, 5) is 25.7. The van der Waals surface area contributed by atoms with Crippen molar-refractivity contribution in [1.82, 2.24) is 10.2 Å². The van der Waals surface area contributed by atoms with Gasteiger partial charge in [0.1, 0.15) is 5.58 Å². The van der Waals surface area contributed by atoms with E-state index in [1.165, 1.54) is 0 Å². The fourth-order valence-electron chi connectivity index (χ4n) is 2.52. The molecule has 2 amide bonds. The fraction of sp³-hybridized carbons (Fsp3) is 0.333. The number of nitrogens with zero attached hydrogens (tertiary/aromatic N) is 1. The highest BCUT2D eigenvalue weighted by molar-refractivity contribution is 9.10. The SMILES string of the molecule is Cc1c(C(=O)N2CCCNC(=O)C2)oc2ccc(Br)cc12. The second kappa shape index (κ2) is 5.52. The molecule has 6 heteroatoms. The number of nitrogens with one attached hydrogen (secondary N) is 1. The van der Waals surface area contributed by atoms with E-state index in [2.05, 4.69) is 21.2 Å². The molecule has 0 aliphatic carbocycles. The van der Waals surface area contributed by atoms with Crippen LogP contribution in [0.25, 0.3) is 11.0 Å². The molecule has 1 aromatic heterocycles. The van der Waals surface area contributed by atoms with Gasteiger partial charge in [0.2, 0.25) is 5.91 Å². The van der Waals surface area contributed by atoms with E-state index in [0.717, 1.165) is 21.8 Å². The first-order chi connectivity index (χ1) is 10.1. The lowest BCUT2D eigenvalue weighted by Crippen LogP contribution is -2.37. The average Bonchev–Trinajstić information content (AvgIpc) is 2.64. The van der Waals surface area contributed by atoms with Crippen LogP contribution in [0.15, 0.2) is 27.1 Å². The molecule has 110 valence electrons. The van der Waals surface area contributed by atoms with Crippen molar-refractivity contribution in [2.45, 2.75) is 13.3 Å². The number of aryl methyl sites for hydroxylation is 1. The lowest BCUT2D eigenvalue weighted by molar-refractivity contribution is -0.121. The highest BCUT2D eigenvalue weighted by Gasteiger charge is 2.26. The summed E-state index contributed by atoms with van der Waals surface area (Å²) in [6, 6.07) is 5.64. The van der Waals surface area contributed by atoms with Gasteiger partial charge in [0.25, 0.3) is 5.91 Å². The molecule has 1 N–H and O–H groups in total. The van der Waals surface area contributed by atoms with Crippen LogP contribution in [-0.4, -0.2) is 36.3 Å². The third kappa shape index (κ3) is 2.68. The standard InChI is InChI=1S/C15H15BrN2O3/c1-9-11-7-10(16)3-4-12(11)21-14(9)15(20)18-6-2-5-17-13(19)8-18/h3-4,7H,2,5-6,8H2,1H3,(H,17,19). The van der Waals surface area contributed by atoms with Crippen molar-refractivity contribution in [2.24, 2.45) is 0 Å². The van der Waals surface area contributed by atoms with Crippen molar-refractivity contribution in [2.75, 3.05) is 19.6 Å². The molecule has 0 atom stereocenters. The van der Waals surface area contributed by atoms with Gasteiger partial charge in [-0.05, 0) is 31.5 Å². The Balaban J connectivity index is 1.97. The Morgan fingerprint density at radius 1 is 1.43 bits per heavy atom. The van der Waals surface area contributed by atoms with Crippen molar-refractivity contribution in [3.8, 4) is 0 Å². The number of hydrogen-bond acceptors (Lipinski definition) is 3. The lowest BCUT2D eigenvalue weighted by atomic mass is 10.1. The van der Waals surface area contributed by atoms with Gasteiger partial charge in [0.15, 0.2) is 5.76 Å². The molecule has 21 heavy (non-hydrogen) atoms. The molecule has 0 radical (unpaired) electrons. The van der Waals surface area contributed by atoms with Gasteiger partial charge in [0.05, 0.1) is 6.54 Å². The molecule has 1 saturated heterocycles. The molecule has 2 heterocycles. The second-order valence-corrected chi connectivity index (χ2v) is 6.04. The fourth-order valence-corrected chi connectivity index (χ4v) is 2.88. The van der Waals surface area contributed by atoms with Crippen LogP contribution in [0.1, 0.15) is 22.5 Å². The van der Waals surface area contributed by atoms with Gasteiger partial charge in [0, 0.05) is 28.5 Å². The maximum atomic E-state index is 12.6. The van der Waals surface area contributed by atoms with Crippen molar-refractivity contribution in [3.63, 3.8) is 0 Å². The average molecular weight is 351 g/mol. The first-order valence-electron chi connectivity index (χ1n) is 6.81. The predicted octanol–water partition coefficient (Wildman–Crippen LogP) is 2.47. The first kappa shape index (κ1) is 14.1. The van der Waals surface area contributed by atoms with Gasteiger partial charge in [-0.15, -0.1) is 0 Å². The Hall–Kier alpha value is -1.82. The Bertz CT molecular complexity index is 723. The minimum atomic E-state index is -0.225. The number of carbonyl (C=O) groups excluding carboxylic acids is 2. The highest BCUT2D eigenvalue weighted by atomic mass is 79.9. The van der Waals surface area contributed by atoms with Crippen LogP contribution in [0.4, 0.5) is 0 Å². The third-order valence-electron chi connectivity index (χ3n) is 3.64. The van der Waals surface area contributed by atoms with Gasteiger partial charge >= 0.3 is 0 Å². The summed E-state index contributed by atoms with van der Waals surface area (Å²) in [6.07, 6.45) is 0.752. The number of benzene rings is 1. The van der Waals surface area contributed by atoms with Crippen molar-refractivity contribution >= 4 is 38.7 Å². The summed E-state index contributed by atoms with van der Waals surface area (Å²) in [5, 5.41) is 3.67. The van der Waals surface area contributed by atoms with E-state index in [-0.39, 0.29) is 18.4 Å². The van der Waals surface area contributed by atoms with E-state index in [4.69, 9.17) is 4.42 Å². The first-order valence-corrected chi connectivity index (χ1v) is 7.60. The molecule has 1 aromatic carbocycles. The molecule has 5 nitrogen and oxygen atoms in total. The monoisotopic (exact) mass is 350 g/mol. The number of halogens is 1. The summed E-state index contributed by atoms with van der Waals surface area (Å²) < 4.78 is 6.64. The molecule has 2 aromatic rings. The summed E-state index contributed by atoms with van der Waals surface area (Å²) in [5.74, 6) is -0.0352. The number of hydrogen-bond donors (Lipinski definition) is 1. The Kier molecular flexibility index (Phi) is 3.71. The van der Waals surface area contributed by atoms with E-state index in [1.54, 1.807) is 4.90 Å². The molecular formula is C15H15BrN2O3. The van der Waals surface area contributed by atoms with E-state index in [9.17, 15) is 9.59 Å². The number of furan rings is 1. The minimum absolute atomic E-state index is 0.0824. The maximum absolute atomic E-state index is 12.6. The molecule has 0 saturated carbocycles. The van der Waals surface area contributed by atoms with Gasteiger partial charge in [-0.1, -0.05) is 15.9 Å². The van der Waals surface area contributed by atoms with E-state index >= 15 is 0 Å². The minimum Gasteiger partial charge on any atom is -0.451 e. The van der Waals surface area contributed by atoms with Crippen molar-refractivity contribution < 1.29 is 14.0 Å². The molecule has 1 aliphatic heterocycles. The molecule has 1 aliphatic rings. The summed E-state index contributed by atoms with van der Waals surface area (Å²) in [6.45, 7) is 3.11. The predicted molar refractivity (Wildman–Crippen MR) is 82.2 cm³/mol. The van der Waals surface area contributed by atoms with Crippen molar-refractivity contribution in [1.29, 1.82) is 0 Å². The van der Waals surface area contributed by atoms with Crippen LogP contribution in [0.3, 0.4) is 0 Å². The van der Waals surface area contributed by atoms with Gasteiger partial charge < -0.3 is 14.6 Å². The van der Waals surface area contributed by atoms with E-state index in [1.807, 2.05) is 25.1 Å². The second-order valence-electron chi connectivity index (χ2n) is 5.13. The van der Waals surface area contributed by atoms with Crippen LogP contribution in [0, 0.1) is 6.92 Å². The zero-order chi connectivity index (χ0) is 15.0. The number of carbonyl (C=O) groups is 2. The van der Waals surface area contributed by atoms with Crippen LogP contribution in [0.5, 0.6) is 0 Å². The van der Waals surface area contributed by atoms with E-state index in [0.29, 0.717) is 24.4 Å². The van der Waals surface area contributed by atoms with Gasteiger partial charge in [-0.25, -0.2) is 0 Å². The molecule has 1 fully saturated rings. The number of fused-ring (bicyclic) bond motifs is 1. The van der Waals surface area contributed by atoms with Crippen LogP contribution in [0.2, 0.25) is 0 Å². The topological polar surface area (TPSA) is 62.6 Å². The molecule has 3 rings (SSSR count). The smallest absolute Gasteiger partial charge is 0.290 e. The molecule has 0 spiro atoms. The third-order valence-corrected chi connectivity index (χ3v) is 4.13. The zero-order valence-electron chi connectivity index (χ0n) is 11.6. The lowest BCUT2D eigenvalue weighted by Gasteiger charge is -2.17. The Morgan fingerprint density at radius 3 is 3.05 bits per heavy atom. The van der Waals surface area contributed by atoms with Crippen LogP contribution in [-0.2, 0) is 4.79 Å². The largest absolute Gasteiger partial charge is 0.451 e. The highest BCUT2D eigenvalue weighted by Crippen LogP contribution is 2.28. The quantitative estimate of drug-likeness (QED) is 0.859.